The van der Waals surface area contributed by atoms with Crippen molar-refractivity contribution in [2.75, 3.05) is 17.2 Å². The summed E-state index contributed by atoms with van der Waals surface area (Å²) >= 11 is 3.43. The standard InChI is InChI=1S/C23H20N2O3S3/c1-24-21(30-20-12-11-16-7-2-3-8-17(16)23(20)24)15-22-25(13-6-14-31(26,27)28)18-9-4-5-10-19(18)29-22/h2-5,7-12,15H,6,13-14H2,1H3/p+1. The first-order valence-electron chi connectivity index (χ1n) is 9.92. The molecule has 0 spiro atoms. The van der Waals surface area contributed by atoms with Crippen LogP contribution in [-0.4, -0.2) is 25.3 Å². The third-order valence-electron chi connectivity index (χ3n) is 5.41. The fraction of sp³-hybridized carbons (Fsp3) is 0.174. The molecule has 0 unspecified atom stereocenters. The van der Waals surface area contributed by atoms with Gasteiger partial charge in [-0.15, -0.1) is 0 Å². The van der Waals surface area contributed by atoms with Crippen molar-refractivity contribution in [2.24, 2.45) is 7.05 Å². The highest BCUT2D eigenvalue weighted by atomic mass is 32.2. The van der Waals surface area contributed by atoms with Crippen molar-refractivity contribution in [1.82, 2.24) is 0 Å². The lowest BCUT2D eigenvalue weighted by molar-refractivity contribution is -0.641. The fourth-order valence-electron chi connectivity index (χ4n) is 3.98. The number of fused-ring (bicyclic) bond motifs is 4. The molecule has 1 aromatic heterocycles. The Morgan fingerprint density at radius 2 is 1.84 bits per heavy atom. The van der Waals surface area contributed by atoms with Crippen LogP contribution in [0.5, 0.6) is 0 Å². The van der Waals surface area contributed by atoms with Gasteiger partial charge in [-0.1, -0.05) is 59.5 Å². The van der Waals surface area contributed by atoms with Crippen LogP contribution in [0.15, 0.2) is 70.6 Å². The van der Waals surface area contributed by atoms with E-state index in [1.54, 1.807) is 23.1 Å². The molecule has 0 saturated heterocycles. The lowest BCUT2D eigenvalue weighted by Crippen LogP contribution is -2.30. The summed E-state index contributed by atoms with van der Waals surface area (Å²) < 4.78 is 35.0. The topological polar surface area (TPSA) is 61.5 Å². The molecule has 0 aliphatic carbocycles. The molecule has 1 N–H and O–H groups in total. The van der Waals surface area contributed by atoms with Gasteiger partial charge in [0.1, 0.15) is 11.7 Å². The molecule has 8 heteroatoms. The summed E-state index contributed by atoms with van der Waals surface area (Å²) in [5.74, 6) is -0.244. The molecule has 3 aromatic carbocycles. The van der Waals surface area contributed by atoms with Crippen LogP contribution in [-0.2, 0) is 17.2 Å². The smallest absolute Gasteiger partial charge is 0.265 e. The van der Waals surface area contributed by atoms with E-state index in [4.69, 9.17) is 4.55 Å². The van der Waals surface area contributed by atoms with Crippen molar-refractivity contribution in [3.8, 4) is 0 Å². The maximum Gasteiger partial charge on any atom is 0.265 e. The van der Waals surface area contributed by atoms with Gasteiger partial charge in [0, 0.05) is 11.4 Å². The fourth-order valence-corrected chi connectivity index (χ4v) is 6.78. The Bertz CT molecular complexity index is 1440. The molecule has 0 bridgehead atoms. The molecule has 1 aliphatic rings. The molecule has 2 heterocycles. The van der Waals surface area contributed by atoms with E-state index in [9.17, 15) is 8.42 Å². The summed E-state index contributed by atoms with van der Waals surface area (Å²) in [6, 6.07) is 20.9. The molecular formula is C23H21N2O3S3+. The van der Waals surface area contributed by atoms with Crippen LogP contribution in [0.4, 0.5) is 5.69 Å². The summed E-state index contributed by atoms with van der Waals surface area (Å²) in [7, 11) is -1.88. The maximum atomic E-state index is 11.2. The number of benzene rings is 3. The Morgan fingerprint density at radius 1 is 1.06 bits per heavy atom. The minimum absolute atomic E-state index is 0.244. The van der Waals surface area contributed by atoms with Gasteiger partial charge < -0.3 is 4.90 Å². The summed E-state index contributed by atoms with van der Waals surface area (Å²) in [6.07, 6.45) is 2.53. The number of thioether (sulfide) groups is 1. The minimum Gasteiger partial charge on any atom is -0.335 e. The van der Waals surface area contributed by atoms with Gasteiger partial charge in [-0.25, -0.2) is 0 Å². The zero-order valence-corrected chi connectivity index (χ0v) is 19.3. The highest BCUT2D eigenvalue weighted by molar-refractivity contribution is 8.03. The second-order valence-corrected chi connectivity index (χ2v) is 11.2. The summed E-state index contributed by atoms with van der Waals surface area (Å²) in [6.45, 7) is 0.521. The van der Waals surface area contributed by atoms with Crippen molar-refractivity contribution in [1.29, 1.82) is 0 Å². The Kier molecular flexibility index (Phi) is 5.26. The largest absolute Gasteiger partial charge is 0.335 e. The van der Waals surface area contributed by atoms with Gasteiger partial charge in [-0.3, -0.25) is 4.55 Å². The lowest BCUT2D eigenvalue weighted by Gasteiger charge is -2.19. The quantitative estimate of drug-likeness (QED) is 0.327. The molecule has 0 amide bonds. The van der Waals surface area contributed by atoms with E-state index in [0.717, 1.165) is 20.6 Å². The van der Waals surface area contributed by atoms with E-state index in [1.165, 1.54) is 21.0 Å². The Labute approximate surface area is 189 Å². The normalized spacial score (nSPS) is 15.3. The van der Waals surface area contributed by atoms with Crippen molar-refractivity contribution in [2.45, 2.75) is 11.3 Å². The van der Waals surface area contributed by atoms with Crippen molar-refractivity contribution < 1.29 is 17.5 Å². The molecule has 0 radical (unpaired) electrons. The van der Waals surface area contributed by atoms with Crippen LogP contribution in [0.3, 0.4) is 0 Å². The number of nitrogens with zero attached hydrogens (tertiary/aromatic N) is 2. The van der Waals surface area contributed by atoms with Gasteiger partial charge in [0.15, 0.2) is 0 Å². The summed E-state index contributed by atoms with van der Waals surface area (Å²) in [5.41, 5.74) is 2.29. The molecule has 0 saturated carbocycles. The highest BCUT2D eigenvalue weighted by Crippen LogP contribution is 2.46. The second kappa shape index (κ2) is 7.94. The lowest BCUT2D eigenvalue weighted by atomic mass is 10.1. The van der Waals surface area contributed by atoms with Crippen molar-refractivity contribution >= 4 is 66.0 Å². The van der Waals surface area contributed by atoms with Gasteiger partial charge in [0.25, 0.3) is 15.1 Å². The van der Waals surface area contributed by atoms with E-state index in [1.807, 2.05) is 12.1 Å². The zero-order chi connectivity index (χ0) is 21.6. The maximum absolute atomic E-state index is 11.2. The SMILES string of the molecule is C[n+]1c(C=C2Sc3ccccc3N2CCCS(=O)(=O)O)sc2ccc3ccccc3c21. The van der Waals surface area contributed by atoms with Crippen LogP contribution >= 0.6 is 23.1 Å². The van der Waals surface area contributed by atoms with E-state index in [2.05, 4.69) is 71.1 Å². The molecule has 4 aromatic rings. The Hall–Kier alpha value is -2.39. The monoisotopic (exact) mass is 469 g/mol. The van der Waals surface area contributed by atoms with Gasteiger partial charge >= 0.3 is 0 Å². The molecule has 0 atom stereocenters. The number of aromatic nitrogens is 1. The van der Waals surface area contributed by atoms with Gasteiger partial charge in [0.05, 0.1) is 27.9 Å². The van der Waals surface area contributed by atoms with Gasteiger partial charge in [0.2, 0.25) is 5.52 Å². The van der Waals surface area contributed by atoms with E-state index >= 15 is 0 Å². The third kappa shape index (κ3) is 3.96. The van der Waals surface area contributed by atoms with Crippen LogP contribution in [0.25, 0.3) is 27.1 Å². The first-order chi connectivity index (χ1) is 14.9. The van der Waals surface area contributed by atoms with E-state index in [0.29, 0.717) is 13.0 Å². The number of anilines is 1. The van der Waals surface area contributed by atoms with Crippen LogP contribution in [0, 0.1) is 0 Å². The number of thiazole rings is 1. The van der Waals surface area contributed by atoms with Crippen LogP contribution in [0.1, 0.15) is 11.4 Å². The van der Waals surface area contributed by atoms with Crippen molar-refractivity contribution in [3.05, 3.63) is 70.7 Å². The molecular weight excluding hydrogens is 448 g/mol. The summed E-state index contributed by atoms with van der Waals surface area (Å²) in [4.78, 5) is 3.29. The zero-order valence-electron chi connectivity index (χ0n) is 16.9. The first-order valence-corrected chi connectivity index (χ1v) is 13.2. The number of aryl methyl sites for hydroxylation is 1. The third-order valence-corrected chi connectivity index (χ3v) is 8.48. The average Bonchev–Trinajstić information content (AvgIpc) is 3.25. The molecule has 5 nitrogen and oxygen atoms in total. The Balaban J connectivity index is 1.56. The highest BCUT2D eigenvalue weighted by Gasteiger charge is 2.27. The van der Waals surface area contributed by atoms with E-state index in [-0.39, 0.29) is 5.75 Å². The summed E-state index contributed by atoms with van der Waals surface area (Å²) in [5, 5.41) is 4.64. The number of rotatable bonds is 5. The molecule has 158 valence electrons. The van der Waals surface area contributed by atoms with Gasteiger partial charge in [-0.2, -0.15) is 13.0 Å². The molecule has 5 rings (SSSR count). The predicted molar refractivity (Wildman–Crippen MR) is 129 cm³/mol. The van der Waals surface area contributed by atoms with E-state index < -0.39 is 10.1 Å². The van der Waals surface area contributed by atoms with Crippen LogP contribution < -0.4 is 9.47 Å². The molecule has 1 aliphatic heterocycles. The van der Waals surface area contributed by atoms with Crippen LogP contribution in [0.2, 0.25) is 0 Å². The van der Waals surface area contributed by atoms with Crippen molar-refractivity contribution in [3.63, 3.8) is 0 Å². The minimum atomic E-state index is -3.97. The number of para-hydroxylation sites is 1. The van der Waals surface area contributed by atoms with Gasteiger partial charge in [-0.05, 0) is 36.1 Å². The Morgan fingerprint density at radius 3 is 2.68 bits per heavy atom. The number of hydrogen-bond acceptors (Lipinski definition) is 5. The average molecular weight is 470 g/mol. The molecule has 31 heavy (non-hydrogen) atoms. The second-order valence-electron chi connectivity index (χ2n) is 7.48. The molecule has 0 fully saturated rings. The first kappa shape index (κ1) is 20.5. The number of hydrogen-bond donors (Lipinski definition) is 1. The predicted octanol–water partition coefficient (Wildman–Crippen LogP) is 5.07.